The Morgan fingerprint density at radius 2 is 1.71 bits per heavy atom. The molecule has 0 fully saturated rings. The quantitative estimate of drug-likeness (QED) is 0.167. The smallest absolute Gasteiger partial charge is 0.439 e. The van der Waals surface area contributed by atoms with E-state index >= 15 is 0 Å². The first-order valence-electron chi connectivity index (χ1n) is 14.0. The number of hydrogen-bond acceptors (Lipinski definition) is 5. The molecule has 0 aliphatic heterocycles. The van der Waals surface area contributed by atoms with Crippen molar-refractivity contribution in [2.24, 2.45) is 5.92 Å². The lowest BCUT2D eigenvalue weighted by Crippen LogP contribution is -2.10. The molecule has 0 aliphatic rings. The minimum atomic E-state index is -0.766. The first-order valence-corrected chi connectivity index (χ1v) is 14.0. The molecule has 3 aromatic carbocycles. The highest BCUT2D eigenvalue weighted by Gasteiger charge is 2.13. The number of benzene rings is 3. The average Bonchev–Trinajstić information content (AvgIpc) is 3.39. The summed E-state index contributed by atoms with van der Waals surface area (Å²) in [6.07, 6.45) is 7.61. The van der Waals surface area contributed by atoms with Crippen LogP contribution in [0.25, 0.3) is 17.5 Å². The number of carbonyl (C=O) groups is 1. The fourth-order valence-corrected chi connectivity index (χ4v) is 4.66. The third-order valence-electron chi connectivity index (χ3n) is 7.06. The summed E-state index contributed by atoms with van der Waals surface area (Å²) in [5.41, 5.74) is 5.43. The fraction of sp³-hybridized carbons (Fsp3) is 0.324. The zero-order chi connectivity index (χ0) is 29.2. The van der Waals surface area contributed by atoms with Crippen molar-refractivity contribution in [2.45, 2.75) is 64.9 Å². The Morgan fingerprint density at radius 1 is 1.00 bits per heavy atom. The van der Waals surface area contributed by atoms with E-state index in [2.05, 4.69) is 71.9 Å². The van der Waals surface area contributed by atoms with E-state index in [1.807, 2.05) is 48.5 Å². The van der Waals surface area contributed by atoms with Gasteiger partial charge in [0.05, 0.1) is 0 Å². The van der Waals surface area contributed by atoms with E-state index in [9.17, 15) is 9.59 Å². The van der Waals surface area contributed by atoms with Crippen molar-refractivity contribution in [1.82, 2.24) is 10.1 Å². The molecule has 7 nitrogen and oxygen atoms in total. The predicted octanol–water partition coefficient (Wildman–Crippen LogP) is 7.42. The van der Waals surface area contributed by atoms with Crippen molar-refractivity contribution in [1.29, 1.82) is 0 Å². The van der Waals surface area contributed by atoms with Crippen LogP contribution in [0, 0.1) is 5.92 Å². The molecule has 214 valence electrons. The van der Waals surface area contributed by atoms with Crippen LogP contribution in [0.2, 0.25) is 0 Å². The second-order valence-electron chi connectivity index (χ2n) is 11.4. The average molecular weight is 555 g/mol. The number of carboxylic acids is 1. The number of allylic oxidation sites excluding steroid dienone is 1. The minimum absolute atomic E-state index is 0.111. The molecule has 2 N–H and O–H groups in total. The molecule has 0 spiro atoms. The van der Waals surface area contributed by atoms with Gasteiger partial charge in [0.2, 0.25) is 0 Å². The number of nitrogens with one attached hydrogen (secondary N) is 1. The van der Waals surface area contributed by atoms with Gasteiger partial charge in [0.15, 0.2) is 5.82 Å². The van der Waals surface area contributed by atoms with Gasteiger partial charge in [-0.15, -0.1) is 0 Å². The van der Waals surface area contributed by atoms with Crippen molar-refractivity contribution in [3.8, 4) is 17.1 Å². The number of H-pyrrole nitrogens is 1. The number of aliphatic carboxylic acids is 1. The Kier molecular flexibility index (Phi) is 9.95. The van der Waals surface area contributed by atoms with Gasteiger partial charge in [-0.05, 0) is 53.4 Å². The number of carboxylic acid groups (broad SMARTS) is 1. The molecular weight excluding hydrogens is 516 g/mol. The van der Waals surface area contributed by atoms with Gasteiger partial charge in [0.1, 0.15) is 12.4 Å². The first-order chi connectivity index (χ1) is 19.7. The number of aromatic nitrogens is 2. The SMILES string of the molecule is CC(C)(C)c1ccc(COc2ccccc2C=CC(CCCCC(=O)O)Cc2ccc(-c3noc(=O)[nH]3)cc2)cc1. The van der Waals surface area contributed by atoms with E-state index in [4.69, 9.17) is 9.84 Å². The molecule has 0 aliphatic carbocycles. The van der Waals surface area contributed by atoms with E-state index < -0.39 is 11.7 Å². The van der Waals surface area contributed by atoms with Gasteiger partial charge in [-0.3, -0.25) is 14.3 Å². The Bertz CT molecular complexity index is 1490. The summed E-state index contributed by atoms with van der Waals surface area (Å²) in [6.45, 7) is 7.10. The van der Waals surface area contributed by atoms with Gasteiger partial charge >= 0.3 is 11.7 Å². The molecule has 4 rings (SSSR count). The summed E-state index contributed by atoms with van der Waals surface area (Å²) in [5.74, 6) is 0.0724. The van der Waals surface area contributed by atoms with E-state index in [0.717, 1.165) is 47.3 Å². The number of rotatable bonds is 13. The summed E-state index contributed by atoms with van der Waals surface area (Å²) in [7, 11) is 0. The highest BCUT2D eigenvalue weighted by molar-refractivity contribution is 5.66. The maximum Gasteiger partial charge on any atom is 0.439 e. The summed E-state index contributed by atoms with van der Waals surface area (Å²) in [5, 5.41) is 12.8. The van der Waals surface area contributed by atoms with Gasteiger partial charge in [0, 0.05) is 17.5 Å². The molecule has 7 heteroatoms. The highest BCUT2D eigenvalue weighted by atomic mass is 16.5. The number of nitrogens with zero attached hydrogens (tertiary/aromatic N) is 1. The monoisotopic (exact) mass is 554 g/mol. The summed E-state index contributed by atoms with van der Waals surface area (Å²) in [6, 6.07) is 24.4. The molecule has 0 amide bonds. The van der Waals surface area contributed by atoms with Gasteiger partial charge < -0.3 is 9.84 Å². The van der Waals surface area contributed by atoms with Crippen LogP contribution in [0.4, 0.5) is 0 Å². The topological polar surface area (TPSA) is 105 Å². The number of hydrogen-bond donors (Lipinski definition) is 2. The molecule has 0 saturated heterocycles. The van der Waals surface area contributed by atoms with Crippen molar-refractivity contribution >= 4 is 12.0 Å². The third-order valence-corrected chi connectivity index (χ3v) is 7.06. The van der Waals surface area contributed by atoms with Gasteiger partial charge in [-0.1, -0.05) is 111 Å². The highest BCUT2D eigenvalue weighted by Crippen LogP contribution is 2.26. The van der Waals surface area contributed by atoms with Crippen LogP contribution in [0.5, 0.6) is 5.75 Å². The molecule has 4 aromatic rings. The number of para-hydroxylation sites is 1. The molecule has 0 bridgehead atoms. The molecule has 1 unspecified atom stereocenters. The zero-order valence-corrected chi connectivity index (χ0v) is 23.9. The van der Waals surface area contributed by atoms with Crippen molar-refractivity contribution in [3.05, 3.63) is 112 Å². The van der Waals surface area contributed by atoms with Crippen LogP contribution >= 0.6 is 0 Å². The van der Waals surface area contributed by atoms with Gasteiger partial charge in [-0.2, -0.15) is 0 Å². The number of aromatic amines is 1. The van der Waals surface area contributed by atoms with E-state index in [1.165, 1.54) is 5.56 Å². The van der Waals surface area contributed by atoms with E-state index in [1.54, 1.807) is 0 Å². The maximum absolute atomic E-state index is 11.3. The second-order valence-corrected chi connectivity index (χ2v) is 11.4. The predicted molar refractivity (Wildman–Crippen MR) is 161 cm³/mol. The Morgan fingerprint density at radius 3 is 2.37 bits per heavy atom. The number of unbranched alkanes of at least 4 members (excludes halogenated alkanes) is 1. The number of ether oxygens (including phenoxy) is 1. The fourth-order valence-electron chi connectivity index (χ4n) is 4.66. The first kappa shape index (κ1) is 29.6. The molecule has 1 atom stereocenters. The summed E-state index contributed by atoms with van der Waals surface area (Å²) >= 11 is 0. The van der Waals surface area contributed by atoms with Crippen LogP contribution < -0.4 is 10.5 Å². The molecule has 1 heterocycles. The molecular formula is C34H38N2O5. The van der Waals surface area contributed by atoms with Crippen LogP contribution in [0.15, 0.2) is 88.2 Å². The second kappa shape index (κ2) is 13.8. The minimum Gasteiger partial charge on any atom is -0.488 e. The largest absolute Gasteiger partial charge is 0.488 e. The van der Waals surface area contributed by atoms with E-state index in [-0.39, 0.29) is 17.8 Å². The molecule has 0 saturated carbocycles. The van der Waals surface area contributed by atoms with Gasteiger partial charge in [0.25, 0.3) is 0 Å². The summed E-state index contributed by atoms with van der Waals surface area (Å²) in [4.78, 5) is 24.8. The lowest BCUT2D eigenvalue weighted by atomic mass is 9.87. The molecule has 0 radical (unpaired) electrons. The molecule has 41 heavy (non-hydrogen) atoms. The lowest BCUT2D eigenvalue weighted by molar-refractivity contribution is -0.137. The van der Waals surface area contributed by atoms with Crippen LogP contribution in [-0.2, 0) is 23.2 Å². The van der Waals surface area contributed by atoms with Crippen molar-refractivity contribution < 1.29 is 19.2 Å². The van der Waals surface area contributed by atoms with Gasteiger partial charge in [-0.25, -0.2) is 4.79 Å². The molecule has 1 aromatic heterocycles. The Hall–Kier alpha value is -4.39. The maximum atomic E-state index is 11.3. The Balaban J connectivity index is 1.45. The third kappa shape index (κ3) is 9.07. The van der Waals surface area contributed by atoms with E-state index in [0.29, 0.717) is 18.9 Å². The summed E-state index contributed by atoms with van der Waals surface area (Å²) < 4.78 is 10.8. The van der Waals surface area contributed by atoms with Crippen LogP contribution in [0.3, 0.4) is 0 Å². The normalized spacial score (nSPS) is 12.5. The van der Waals surface area contributed by atoms with Crippen LogP contribution in [0.1, 0.15) is 68.7 Å². The van der Waals surface area contributed by atoms with Crippen molar-refractivity contribution in [2.75, 3.05) is 0 Å². The lowest BCUT2D eigenvalue weighted by Gasteiger charge is -2.19. The van der Waals surface area contributed by atoms with Crippen LogP contribution in [-0.4, -0.2) is 21.2 Å². The standard InChI is InChI=1S/C34H38N2O5/c1-34(2,3)29-20-15-26(16-21-29)23-40-30-10-6-5-9-27(30)17-12-24(8-4-7-11-31(37)38)22-25-13-18-28(19-14-25)32-35-33(39)41-36-32/h5-6,9-10,12-21,24H,4,7-8,11,22-23H2,1-3H3,(H,37,38)(H,35,36,39). The zero-order valence-electron chi connectivity index (χ0n) is 23.9. The Labute approximate surface area is 240 Å². The van der Waals surface area contributed by atoms with Crippen molar-refractivity contribution in [3.63, 3.8) is 0 Å².